The number of allylic oxidation sites excluding steroid dienone is 1. The molecule has 2 aromatic carbocycles. The van der Waals surface area contributed by atoms with Crippen molar-refractivity contribution in [3.05, 3.63) is 90.7 Å². The Morgan fingerprint density at radius 1 is 1.14 bits per heavy atom. The first kappa shape index (κ1) is 29.6. The molecule has 0 bridgehead atoms. The van der Waals surface area contributed by atoms with Crippen LogP contribution >= 0.6 is 0 Å². The van der Waals surface area contributed by atoms with Crippen LogP contribution < -0.4 is 24.8 Å². The summed E-state index contributed by atoms with van der Waals surface area (Å²) in [5, 5.41) is 23.9. The lowest BCUT2D eigenvalue weighted by Gasteiger charge is -2.40. The zero-order chi connectivity index (χ0) is 31.2. The molecule has 1 aliphatic carbocycles. The minimum absolute atomic E-state index is 0.00798. The van der Waals surface area contributed by atoms with Gasteiger partial charge in [0, 0.05) is 48.2 Å². The fourth-order valence-electron chi connectivity index (χ4n) is 6.01. The number of aliphatic hydroxyl groups excluding tert-OH is 1. The molecule has 3 heterocycles. The maximum atomic E-state index is 15.5. The summed E-state index contributed by atoms with van der Waals surface area (Å²) in [5.41, 5.74) is 2.23. The molecule has 3 fully saturated rings. The number of benzene rings is 2. The van der Waals surface area contributed by atoms with Crippen molar-refractivity contribution in [2.45, 2.75) is 43.4 Å². The zero-order valence-corrected chi connectivity index (χ0v) is 24.4. The molecule has 1 amide bonds. The van der Waals surface area contributed by atoms with Crippen molar-refractivity contribution >= 4 is 29.0 Å². The lowest BCUT2D eigenvalue weighted by molar-refractivity contribution is -0.109. The van der Waals surface area contributed by atoms with Gasteiger partial charge in [0.1, 0.15) is 29.9 Å². The molecule has 3 N–H and O–H groups in total. The molecule has 2 saturated heterocycles. The number of hydrogen-bond acceptors (Lipinski definition) is 8. The molecule has 2 aromatic rings. The van der Waals surface area contributed by atoms with Crippen molar-refractivity contribution < 1.29 is 33.3 Å². The van der Waals surface area contributed by atoms with E-state index in [2.05, 4.69) is 30.0 Å². The fourth-order valence-corrected chi connectivity index (χ4v) is 6.01. The predicted molar refractivity (Wildman–Crippen MR) is 165 cm³/mol. The Morgan fingerprint density at radius 3 is 2.55 bits per heavy atom. The quantitative estimate of drug-likeness (QED) is 0.264. The first-order chi connectivity index (χ1) is 21.1. The number of nitrogens with one attached hydrogen (secondary N) is 1. The molecule has 4 aliphatic rings. The Hall–Kier alpha value is -4.51. The molecular weight excluding hydrogens is 570 g/mol. The smallest absolute Gasteiger partial charge is 0.207 e. The molecule has 44 heavy (non-hydrogen) atoms. The van der Waals surface area contributed by atoms with Gasteiger partial charge in [-0.2, -0.15) is 0 Å². The number of aliphatic hydroxyl groups is 2. The van der Waals surface area contributed by atoms with Crippen LogP contribution in [0.2, 0.25) is 0 Å². The van der Waals surface area contributed by atoms with E-state index in [1.165, 1.54) is 18.2 Å². The van der Waals surface area contributed by atoms with Crippen LogP contribution in [0.3, 0.4) is 0 Å². The standard InChI is InChI=1S/C33H36F2N4O5/c1-20-26-13-28(34)31(14-30(26)39(23-4-5-23)17-27(20)21(2)41)37-10-8-33(42,9-11-37)18-43-32-7-6-24(12-29(32)35)38-16-25(15-36-19-40)44-22(38)3/h6-7,12-14,17,19,23,25,41-42H,1-5,8-11,15-16,18H2,(H,36,40)/t25-/m0/s1. The third kappa shape index (κ3) is 5.71. The minimum Gasteiger partial charge on any atom is -0.508 e. The number of carbonyl (C=O) groups is 1. The summed E-state index contributed by atoms with van der Waals surface area (Å²) in [6.07, 6.45) is 4.75. The summed E-state index contributed by atoms with van der Waals surface area (Å²) < 4.78 is 41.9. The molecule has 0 unspecified atom stereocenters. The molecule has 11 heteroatoms. The second-order valence-electron chi connectivity index (χ2n) is 11.8. The third-order valence-corrected chi connectivity index (χ3v) is 8.69. The van der Waals surface area contributed by atoms with Gasteiger partial charge in [0.25, 0.3) is 0 Å². The molecule has 0 aromatic heterocycles. The van der Waals surface area contributed by atoms with Gasteiger partial charge in [-0.15, -0.1) is 0 Å². The van der Waals surface area contributed by atoms with Gasteiger partial charge in [0.05, 0.1) is 24.5 Å². The van der Waals surface area contributed by atoms with Crippen molar-refractivity contribution in [3.63, 3.8) is 0 Å². The number of amides is 1. The number of ether oxygens (including phenoxy) is 2. The van der Waals surface area contributed by atoms with Gasteiger partial charge >= 0.3 is 0 Å². The van der Waals surface area contributed by atoms with Crippen LogP contribution in [0.5, 0.6) is 5.75 Å². The van der Waals surface area contributed by atoms with E-state index in [1.54, 1.807) is 11.0 Å². The Morgan fingerprint density at radius 2 is 1.89 bits per heavy atom. The number of nitrogens with zero attached hydrogens (tertiary/aromatic N) is 3. The summed E-state index contributed by atoms with van der Waals surface area (Å²) in [6.45, 7) is 12.9. The van der Waals surface area contributed by atoms with Gasteiger partial charge < -0.3 is 39.7 Å². The second kappa shape index (κ2) is 11.5. The first-order valence-corrected chi connectivity index (χ1v) is 14.7. The van der Waals surface area contributed by atoms with Gasteiger partial charge in [-0.25, -0.2) is 8.78 Å². The average molecular weight is 607 g/mol. The van der Waals surface area contributed by atoms with Gasteiger partial charge in [-0.3, -0.25) is 4.79 Å². The highest BCUT2D eigenvalue weighted by Crippen LogP contribution is 2.46. The Bertz CT molecular complexity index is 1550. The molecule has 0 radical (unpaired) electrons. The van der Waals surface area contributed by atoms with E-state index in [-0.39, 0.29) is 30.3 Å². The normalized spacial score (nSPS) is 21.0. The summed E-state index contributed by atoms with van der Waals surface area (Å²) >= 11 is 0. The third-order valence-electron chi connectivity index (χ3n) is 8.69. The number of halogens is 2. The topological polar surface area (TPSA) is 97.7 Å². The SMILES string of the molecule is C=C(O)C1=CN(C2CC2)c2cc(N3CCC(O)(COc4ccc(N5C[C@H](CNC=O)OC5=C)cc4F)CC3)c(F)cc2C1=C. The Labute approximate surface area is 255 Å². The summed E-state index contributed by atoms with van der Waals surface area (Å²) in [4.78, 5) is 16.2. The number of rotatable bonds is 10. The number of fused-ring (bicyclic) bond motifs is 1. The van der Waals surface area contributed by atoms with Crippen LogP contribution in [0.25, 0.3) is 5.57 Å². The number of anilines is 3. The highest BCUT2D eigenvalue weighted by Gasteiger charge is 2.37. The van der Waals surface area contributed by atoms with E-state index in [0.29, 0.717) is 79.4 Å². The number of hydrogen-bond donors (Lipinski definition) is 3. The molecule has 6 rings (SSSR count). The summed E-state index contributed by atoms with van der Waals surface area (Å²) in [6, 6.07) is 8.06. The zero-order valence-electron chi connectivity index (χ0n) is 24.4. The monoisotopic (exact) mass is 606 g/mol. The van der Waals surface area contributed by atoms with E-state index in [1.807, 2.05) is 17.2 Å². The number of piperidine rings is 1. The second-order valence-corrected chi connectivity index (χ2v) is 11.8. The average Bonchev–Trinajstić information content (AvgIpc) is 3.77. The molecule has 3 aliphatic heterocycles. The van der Waals surface area contributed by atoms with E-state index >= 15 is 8.78 Å². The largest absolute Gasteiger partial charge is 0.508 e. The van der Waals surface area contributed by atoms with Crippen LogP contribution in [0.15, 0.2) is 73.5 Å². The summed E-state index contributed by atoms with van der Waals surface area (Å²) in [5.74, 6) is -0.741. The lowest BCUT2D eigenvalue weighted by atomic mass is 9.90. The van der Waals surface area contributed by atoms with Crippen molar-refractivity contribution in [2.75, 3.05) is 47.5 Å². The molecule has 1 saturated carbocycles. The van der Waals surface area contributed by atoms with Crippen molar-refractivity contribution in [1.29, 1.82) is 0 Å². The van der Waals surface area contributed by atoms with Crippen LogP contribution in [0.1, 0.15) is 31.2 Å². The van der Waals surface area contributed by atoms with Gasteiger partial charge in [0.15, 0.2) is 17.4 Å². The highest BCUT2D eigenvalue weighted by atomic mass is 19.1. The van der Waals surface area contributed by atoms with E-state index in [9.17, 15) is 15.0 Å². The van der Waals surface area contributed by atoms with E-state index < -0.39 is 17.2 Å². The van der Waals surface area contributed by atoms with Crippen LogP contribution in [-0.4, -0.2) is 67.2 Å². The van der Waals surface area contributed by atoms with Gasteiger partial charge in [-0.05, 0) is 62.1 Å². The molecular formula is C33H36F2N4O5. The predicted octanol–water partition coefficient (Wildman–Crippen LogP) is 4.75. The van der Waals surface area contributed by atoms with Crippen LogP contribution in [0.4, 0.5) is 25.8 Å². The van der Waals surface area contributed by atoms with Gasteiger partial charge in [-0.1, -0.05) is 13.2 Å². The van der Waals surface area contributed by atoms with Crippen LogP contribution in [0, 0.1) is 11.6 Å². The fraction of sp³-hybridized carbons (Fsp3) is 0.364. The maximum Gasteiger partial charge on any atom is 0.207 e. The number of carbonyl (C=O) groups excluding carboxylic acids is 1. The molecule has 232 valence electrons. The van der Waals surface area contributed by atoms with Crippen LogP contribution in [-0.2, 0) is 9.53 Å². The Kier molecular flexibility index (Phi) is 7.75. The van der Waals surface area contributed by atoms with Crippen molar-refractivity contribution in [1.82, 2.24) is 5.32 Å². The minimum atomic E-state index is -1.21. The van der Waals surface area contributed by atoms with E-state index in [0.717, 1.165) is 18.5 Å². The molecule has 1 atom stereocenters. The lowest BCUT2D eigenvalue weighted by Crippen LogP contribution is -2.48. The van der Waals surface area contributed by atoms with Crippen molar-refractivity contribution in [2.24, 2.45) is 0 Å². The van der Waals surface area contributed by atoms with E-state index in [4.69, 9.17) is 9.47 Å². The van der Waals surface area contributed by atoms with Crippen molar-refractivity contribution in [3.8, 4) is 5.75 Å². The maximum absolute atomic E-state index is 15.5. The Balaban J connectivity index is 1.09. The first-order valence-electron chi connectivity index (χ1n) is 14.7. The molecule has 9 nitrogen and oxygen atoms in total. The summed E-state index contributed by atoms with van der Waals surface area (Å²) in [7, 11) is 0. The molecule has 0 spiro atoms. The highest BCUT2D eigenvalue weighted by molar-refractivity contribution is 5.92. The van der Waals surface area contributed by atoms with Gasteiger partial charge in [0.2, 0.25) is 6.41 Å².